The molecule has 2 aromatic rings. The lowest BCUT2D eigenvalue weighted by Crippen LogP contribution is -2.09. The van der Waals surface area contributed by atoms with E-state index in [0.717, 1.165) is 11.6 Å². The fraction of sp³-hybridized carbons (Fsp3) is 0.0769. The molecule has 5 heteroatoms. The van der Waals surface area contributed by atoms with Crippen LogP contribution in [-0.4, -0.2) is 10.8 Å². The van der Waals surface area contributed by atoms with Crippen molar-refractivity contribution in [2.75, 3.05) is 5.73 Å². The number of nitrogen functional groups attached to an aromatic ring is 1. The summed E-state index contributed by atoms with van der Waals surface area (Å²) in [6, 6.07) is 5.38. The lowest BCUT2D eigenvalue weighted by molar-refractivity contribution is 0.103. The Hall–Kier alpha value is -1.94. The van der Waals surface area contributed by atoms with Crippen molar-refractivity contribution < 1.29 is 9.18 Å². The number of hydrogen-bond acceptors (Lipinski definition) is 3. The molecule has 2 rings (SSSR count). The third-order valence-corrected chi connectivity index (χ3v) is 2.71. The number of carbonyl (C=O) groups is 1. The number of anilines is 1. The third-order valence-electron chi connectivity index (χ3n) is 2.47. The van der Waals surface area contributed by atoms with Crippen molar-refractivity contribution in [1.29, 1.82) is 0 Å². The molecule has 0 bridgehead atoms. The summed E-state index contributed by atoms with van der Waals surface area (Å²) < 4.78 is 13.6. The molecule has 0 atom stereocenters. The Balaban J connectivity index is 2.54. The number of halogens is 2. The second-order valence-corrected chi connectivity index (χ2v) is 4.34. The first-order valence-corrected chi connectivity index (χ1v) is 5.58. The van der Waals surface area contributed by atoms with Crippen LogP contribution in [0.5, 0.6) is 0 Å². The molecule has 1 aromatic heterocycles. The summed E-state index contributed by atoms with van der Waals surface area (Å²) in [5.41, 5.74) is 6.47. The molecule has 2 N–H and O–H groups in total. The molecule has 0 unspecified atom stereocenters. The Kier molecular flexibility index (Phi) is 3.30. The Bertz CT molecular complexity index is 575. The van der Waals surface area contributed by atoms with E-state index in [2.05, 4.69) is 4.98 Å². The maximum atomic E-state index is 13.6. The van der Waals surface area contributed by atoms with Gasteiger partial charge in [0.25, 0.3) is 0 Å². The standard InChI is InChI=1S/C13H10ClFN2O/c1-7-4-10(13(16)17-6-7)12(18)9-5-8(14)2-3-11(9)15/h2-6H,1H3,(H2,16,17). The molecule has 1 heterocycles. The Labute approximate surface area is 108 Å². The highest BCUT2D eigenvalue weighted by molar-refractivity contribution is 6.31. The van der Waals surface area contributed by atoms with E-state index in [1.54, 1.807) is 19.2 Å². The average Bonchev–Trinajstić information content (AvgIpc) is 2.34. The topological polar surface area (TPSA) is 56.0 Å². The number of carbonyl (C=O) groups excluding carboxylic acids is 1. The summed E-state index contributed by atoms with van der Waals surface area (Å²) >= 11 is 5.75. The highest BCUT2D eigenvalue weighted by Crippen LogP contribution is 2.21. The molecule has 0 radical (unpaired) electrons. The molecule has 0 aliphatic carbocycles. The van der Waals surface area contributed by atoms with E-state index in [1.807, 2.05) is 0 Å². The Morgan fingerprint density at radius 2 is 2.06 bits per heavy atom. The smallest absolute Gasteiger partial charge is 0.199 e. The van der Waals surface area contributed by atoms with Gasteiger partial charge in [-0.25, -0.2) is 9.37 Å². The van der Waals surface area contributed by atoms with Gasteiger partial charge in [-0.3, -0.25) is 4.79 Å². The Morgan fingerprint density at radius 1 is 1.33 bits per heavy atom. The summed E-state index contributed by atoms with van der Waals surface area (Å²) in [5, 5.41) is 0.291. The minimum atomic E-state index is -0.634. The Morgan fingerprint density at radius 3 is 2.78 bits per heavy atom. The SMILES string of the molecule is Cc1cnc(N)c(C(=O)c2cc(Cl)ccc2F)c1. The normalized spacial score (nSPS) is 10.4. The van der Waals surface area contributed by atoms with Gasteiger partial charge in [-0.15, -0.1) is 0 Å². The first kappa shape index (κ1) is 12.5. The number of benzene rings is 1. The molecule has 18 heavy (non-hydrogen) atoms. The monoisotopic (exact) mass is 264 g/mol. The highest BCUT2D eigenvalue weighted by Gasteiger charge is 2.17. The van der Waals surface area contributed by atoms with Gasteiger partial charge in [0.1, 0.15) is 11.6 Å². The van der Waals surface area contributed by atoms with Gasteiger partial charge in [-0.05, 0) is 36.8 Å². The number of aromatic nitrogens is 1. The van der Waals surface area contributed by atoms with E-state index in [9.17, 15) is 9.18 Å². The number of rotatable bonds is 2. The third kappa shape index (κ3) is 2.33. The number of nitrogens with two attached hydrogens (primary N) is 1. The summed E-state index contributed by atoms with van der Waals surface area (Å²) in [7, 11) is 0. The van der Waals surface area contributed by atoms with Gasteiger partial charge >= 0.3 is 0 Å². The average molecular weight is 265 g/mol. The van der Waals surface area contributed by atoms with E-state index in [1.165, 1.54) is 12.1 Å². The molecular weight excluding hydrogens is 255 g/mol. The molecule has 1 aromatic carbocycles. The quantitative estimate of drug-likeness (QED) is 0.849. The number of nitrogens with zero attached hydrogens (tertiary/aromatic N) is 1. The van der Waals surface area contributed by atoms with Gasteiger partial charge in [0.2, 0.25) is 0 Å². The summed E-state index contributed by atoms with van der Waals surface area (Å²) in [6.45, 7) is 1.78. The van der Waals surface area contributed by atoms with Gasteiger partial charge < -0.3 is 5.73 Å². The first-order chi connectivity index (χ1) is 8.49. The van der Waals surface area contributed by atoms with Crippen molar-refractivity contribution in [2.45, 2.75) is 6.92 Å². The van der Waals surface area contributed by atoms with Gasteiger partial charge in [0, 0.05) is 11.2 Å². The number of pyridine rings is 1. The molecule has 3 nitrogen and oxygen atoms in total. The van der Waals surface area contributed by atoms with E-state index in [0.29, 0.717) is 5.02 Å². The second kappa shape index (κ2) is 4.74. The second-order valence-electron chi connectivity index (χ2n) is 3.90. The van der Waals surface area contributed by atoms with E-state index in [-0.39, 0.29) is 16.9 Å². The molecule has 0 aliphatic rings. The fourth-order valence-electron chi connectivity index (χ4n) is 1.58. The van der Waals surface area contributed by atoms with Crippen molar-refractivity contribution >= 4 is 23.2 Å². The maximum absolute atomic E-state index is 13.6. The zero-order chi connectivity index (χ0) is 13.3. The lowest BCUT2D eigenvalue weighted by atomic mass is 10.0. The van der Waals surface area contributed by atoms with Crippen molar-refractivity contribution in [3.8, 4) is 0 Å². The van der Waals surface area contributed by atoms with Crippen LogP contribution in [0.4, 0.5) is 10.2 Å². The predicted molar refractivity (Wildman–Crippen MR) is 68.2 cm³/mol. The van der Waals surface area contributed by atoms with Crippen LogP contribution >= 0.6 is 11.6 Å². The van der Waals surface area contributed by atoms with Crippen LogP contribution in [-0.2, 0) is 0 Å². The minimum Gasteiger partial charge on any atom is -0.383 e. The zero-order valence-corrected chi connectivity index (χ0v) is 10.3. The van der Waals surface area contributed by atoms with E-state index < -0.39 is 11.6 Å². The van der Waals surface area contributed by atoms with Crippen molar-refractivity contribution in [2.24, 2.45) is 0 Å². The predicted octanol–water partition coefficient (Wildman–Crippen LogP) is 3.00. The fourth-order valence-corrected chi connectivity index (χ4v) is 1.75. The zero-order valence-electron chi connectivity index (χ0n) is 9.58. The van der Waals surface area contributed by atoms with Crippen molar-refractivity contribution in [1.82, 2.24) is 4.98 Å². The highest BCUT2D eigenvalue weighted by atomic mass is 35.5. The summed E-state index contributed by atoms with van der Waals surface area (Å²) in [6.07, 6.45) is 1.54. The van der Waals surface area contributed by atoms with Crippen LogP contribution in [0.2, 0.25) is 5.02 Å². The summed E-state index contributed by atoms with van der Waals surface area (Å²) in [5.74, 6) is -1.08. The minimum absolute atomic E-state index is 0.0741. The lowest BCUT2D eigenvalue weighted by Gasteiger charge is -2.06. The van der Waals surface area contributed by atoms with E-state index in [4.69, 9.17) is 17.3 Å². The van der Waals surface area contributed by atoms with Crippen molar-refractivity contribution in [3.05, 3.63) is 58.0 Å². The maximum Gasteiger partial charge on any atom is 0.199 e. The molecule has 0 fully saturated rings. The first-order valence-electron chi connectivity index (χ1n) is 5.21. The van der Waals surface area contributed by atoms with Gasteiger partial charge in [-0.2, -0.15) is 0 Å². The van der Waals surface area contributed by atoms with E-state index >= 15 is 0 Å². The largest absolute Gasteiger partial charge is 0.383 e. The van der Waals surface area contributed by atoms with Crippen LogP contribution < -0.4 is 5.73 Å². The van der Waals surface area contributed by atoms with Crippen LogP contribution in [0.1, 0.15) is 21.5 Å². The molecule has 0 aliphatic heterocycles. The van der Waals surface area contributed by atoms with Crippen LogP contribution in [0.3, 0.4) is 0 Å². The van der Waals surface area contributed by atoms with Gasteiger partial charge in [0.05, 0.1) is 11.1 Å². The number of aryl methyl sites for hydroxylation is 1. The van der Waals surface area contributed by atoms with Crippen LogP contribution in [0.25, 0.3) is 0 Å². The number of hydrogen-bond donors (Lipinski definition) is 1. The van der Waals surface area contributed by atoms with Crippen molar-refractivity contribution in [3.63, 3.8) is 0 Å². The molecular formula is C13H10ClFN2O. The van der Waals surface area contributed by atoms with Gasteiger partial charge in [0.15, 0.2) is 5.78 Å². The molecule has 0 saturated heterocycles. The molecule has 0 saturated carbocycles. The summed E-state index contributed by atoms with van der Waals surface area (Å²) in [4.78, 5) is 16.1. The molecule has 0 spiro atoms. The van der Waals surface area contributed by atoms with Crippen LogP contribution in [0, 0.1) is 12.7 Å². The van der Waals surface area contributed by atoms with Crippen LogP contribution in [0.15, 0.2) is 30.5 Å². The molecule has 92 valence electrons. The number of ketones is 1. The molecule has 0 amide bonds. The van der Waals surface area contributed by atoms with Gasteiger partial charge in [-0.1, -0.05) is 11.6 Å².